The van der Waals surface area contributed by atoms with E-state index in [1.54, 1.807) is 4.90 Å². The van der Waals surface area contributed by atoms with Crippen LogP contribution in [0.5, 0.6) is 0 Å². The van der Waals surface area contributed by atoms with Gasteiger partial charge in [-0.15, -0.1) is 0 Å². The van der Waals surface area contributed by atoms with E-state index in [1.165, 1.54) is 0 Å². The summed E-state index contributed by atoms with van der Waals surface area (Å²) < 4.78 is 0. The fraction of sp³-hybridized carbons (Fsp3) is 0.769. The van der Waals surface area contributed by atoms with Crippen molar-refractivity contribution in [2.75, 3.05) is 19.6 Å². The molecule has 2 atom stereocenters. The Labute approximate surface area is 117 Å². The van der Waals surface area contributed by atoms with Gasteiger partial charge in [-0.2, -0.15) is 0 Å². The number of carbonyl (C=O) groups excluding carboxylic acids is 2. The molecule has 20 heavy (non-hydrogen) atoms. The van der Waals surface area contributed by atoms with Crippen molar-refractivity contribution in [3.63, 3.8) is 0 Å². The Bertz CT molecular complexity index is 399. The number of carboxylic acid groups (broad SMARTS) is 1. The summed E-state index contributed by atoms with van der Waals surface area (Å²) in [6.07, 6.45) is 3.12. The lowest BCUT2D eigenvalue weighted by molar-refractivity contribution is -0.137. The third-order valence-corrected chi connectivity index (χ3v) is 3.92. The highest BCUT2D eigenvalue weighted by molar-refractivity contribution is 5.87. The fourth-order valence-electron chi connectivity index (χ4n) is 2.73. The van der Waals surface area contributed by atoms with E-state index in [9.17, 15) is 14.4 Å². The predicted octanol–water partition coefficient (Wildman–Crippen LogP) is 0.161. The third kappa shape index (κ3) is 3.85. The van der Waals surface area contributed by atoms with Crippen LogP contribution >= 0.6 is 0 Å². The summed E-state index contributed by atoms with van der Waals surface area (Å²) >= 11 is 0. The van der Waals surface area contributed by atoms with E-state index in [0.29, 0.717) is 32.5 Å². The van der Waals surface area contributed by atoms with Gasteiger partial charge in [0.2, 0.25) is 5.91 Å². The van der Waals surface area contributed by atoms with Gasteiger partial charge in [-0.3, -0.25) is 9.59 Å². The third-order valence-electron chi connectivity index (χ3n) is 3.92. The number of likely N-dealkylation sites (tertiary alicyclic amines) is 1. The molecule has 7 nitrogen and oxygen atoms in total. The van der Waals surface area contributed by atoms with Crippen LogP contribution in [0.15, 0.2) is 0 Å². The van der Waals surface area contributed by atoms with Crippen molar-refractivity contribution < 1.29 is 19.5 Å². The van der Waals surface area contributed by atoms with Crippen molar-refractivity contribution in [1.29, 1.82) is 0 Å². The molecule has 0 aromatic heterocycles. The van der Waals surface area contributed by atoms with Crippen LogP contribution in [-0.4, -0.2) is 53.6 Å². The lowest BCUT2D eigenvalue weighted by Crippen LogP contribution is -2.53. The monoisotopic (exact) mass is 283 g/mol. The van der Waals surface area contributed by atoms with Crippen molar-refractivity contribution in [3.05, 3.63) is 0 Å². The van der Waals surface area contributed by atoms with Crippen molar-refractivity contribution in [2.24, 2.45) is 5.92 Å². The maximum Gasteiger partial charge on any atom is 0.318 e. The summed E-state index contributed by atoms with van der Waals surface area (Å²) in [7, 11) is 0. The zero-order valence-corrected chi connectivity index (χ0v) is 11.4. The van der Waals surface area contributed by atoms with E-state index in [1.807, 2.05) is 0 Å². The topological polar surface area (TPSA) is 98.7 Å². The average molecular weight is 283 g/mol. The van der Waals surface area contributed by atoms with Gasteiger partial charge in [0.15, 0.2) is 0 Å². The van der Waals surface area contributed by atoms with Crippen molar-refractivity contribution >= 4 is 17.9 Å². The lowest BCUT2D eigenvalue weighted by Gasteiger charge is -2.25. The van der Waals surface area contributed by atoms with Crippen molar-refractivity contribution in [2.45, 2.75) is 38.1 Å². The molecule has 0 aromatic rings. The van der Waals surface area contributed by atoms with Crippen LogP contribution in [0.1, 0.15) is 32.1 Å². The first-order valence-electron chi connectivity index (χ1n) is 7.11. The summed E-state index contributed by atoms with van der Waals surface area (Å²) in [4.78, 5) is 35.8. The Kier molecular flexibility index (Phi) is 4.81. The van der Waals surface area contributed by atoms with Gasteiger partial charge in [0.1, 0.15) is 6.04 Å². The van der Waals surface area contributed by atoms with Crippen LogP contribution < -0.4 is 10.6 Å². The quantitative estimate of drug-likeness (QED) is 0.684. The Morgan fingerprint density at radius 2 is 2.20 bits per heavy atom. The second kappa shape index (κ2) is 6.58. The van der Waals surface area contributed by atoms with Crippen LogP contribution in [-0.2, 0) is 9.59 Å². The summed E-state index contributed by atoms with van der Waals surface area (Å²) in [5.41, 5.74) is 0. The molecule has 0 aromatic carbocycles. The molecule has 3 amide bonds. The minimum absolute atomic E-state index is 0.119. The smallest absolute Gasteiger partial charge is 0.318 e. The SMILES string of the molecule is O=C(O)CCC1CCN(C(=O)NC2CCCNC2=O)C1. The standard InChI is InChI=1S/C13H21N3O4/c17-11(18)4-3-9-5-7-16(8-9)13(20)15-10-2-1-6-14-12(10)19/h9-10H,1-8H2,(H,14,19)(H,15,20)(H,17,18). The first kappa shape index (κ1) is 14.6. The summed E-state index contributed by atoms with van der Waals surface area (Å²) in [5, 5.41) is 14.1. The Morgan fingerprint density at radius 1 is 1.40 bits per heavy atom. The summed E-state index contributed by atoms with van der Waals surface area (Å²) in [5.74, 6) is -0.671. The van der Waals surface area contributed by atoms with E-state index < -0.39 is 12.0 Å². The van der Waals surface area contributed by atoms with Crippen LogP contribution in [0.3, 0.4) is 0 Å². The number of carboxylic acids is 1. The number of urea groups is 1. The fourth-order valence-corrected chi connectivity index (χ4v) is 2.73. The molecule has 0 spiro atoms. The average Bonchev–Trinajstić information content (AvgIpc) is 2.88. The molecule has 2 saturated heterocycles. The Morgan fingerprint density at radius 3 is 2.90 bits per heavy atom. The maximum absolute atomic E-state index is 12.1. The largest absolute Gasteiger partial charge is 0.481 e. The van der Waals surface area contributed by atoms with Crippen molar-refractivity contribution in [3.8, 4) is 0 Å². The molecule has 2 unspecified atom stereocenters. The number of hydrogen-bond donors (Lipinski definition) is 3. The lowest BCUT2D eigenvalue weighted by atomic mass is 10.0. The summed E-state index contributed by atoms with van der Waals surface area (Å²) in [6, 6.07) is -0.654. The molecule has 2 fully saturated rings. The highest BCUT2D eigenvalue weighted by atomic mass is 16.4. The van der Waals surface area contributed by atoms with Gasteiger partial charge >= 0.3 is 12.0 Å². The Balaban J connectivity index is 1.76. The number of piperidine rings is 1. The second-order valence-electron chi connectivity index (χ2n) is 5.47. The molecule has 7 heteroatoms. The Hall–Kier alpha value is -1.79. The molecule has 2 aliphatic rings. The van der Waals surface area contributed by atoms with Gasteiger partial charge in [0.05, 0.1) is 0 Å². The van der Waals surface area contributed by atoms with Gasteiger partial charge < -0.3 is 20.6 Å². The first-order chi connectivity index (χ1) is 9.56. The molecule has 0 aliphatic carbocycles. The van der Waals surface area contributed by atoms with Crippen LogP contribution in [0.4, 0.5) is 4.79 Å². The number of carbonyl (C=O) groups is 3. The number of rotatable bonds is 4. The zero-order chi connectivity index (χ0) is 14.5. The normalized spacial score (nSPS) is 26.2. The second-order valence-corrected chi connectivity index (χ2v) is 5.47. The molecule has 2 heterocycles. The molecule has 2 aliphatic heterocycles. The van der Waals surface area contributed by atoms with Crippen LogP contribution in [0.25, 0.3) is 0 Å². The van der Waals surface area contributed by atoms with Gasteiger partial charge in [0, 0.05) is 26.1 Å². The zero-order valence-electron chi connectivity index (χ0n) is 11.4. The van der Waals surface area contributed by atoms with Crippen LogP contribution in [0, 0.1) is 5.92 Å². The van der Waals surface area contributed by atoms with E-state index in [2.05, 4.69) is 10.6 Å². The first-order valence-corrected chi connectivity index (χ1v) is 7.11. The number of nitrogens with zero attached hydrogens (tertiary/aromatic N) is 1. The predicted molar refractivity (Wildman–Crippen MR) is 71.1 cm³/mol. The van der Waals surface area contributed by atoms with E-state index in [-0.39, 0.29) is 24.3 Å². The molecule has 0 bridgehead atoms. The van der Waals surface area contributed by atoms with Gasteiger partial charge in [-0.1, -0.05) is 0 Å². The van der Waals surface area contributed by atoms with Gasteiger partial charge in [-0.05, 0) is 31.6 Å². The molecular weight excluding hydrogens is 262 g/mol. The number of aliphatic carboxylic acids is 1. The molecule has 3 N–H and O–H groups in total. The summed E-state index contributed by atoms with van der Waals surface area (Å²) in [6.45, 7) is 1.88. The van der Waals surface area contributed by atoms with Gasteiger partial charge in [-0.25, -0.2) is 4.79 Å². The molecular formula is C13H21N3O4. The molecule has 112 valence electrons. The van der Waals surface area contributed by atoms with Crippen LogP contribution in [0.2, 0.25) is 0 Å². The van der Waals surface area contributed by atoms with E-state index in [0.717, 1.165) is 12.8 Å². The highest BCUT2D eigenvalue weighted by Crippen LogP contribution is 2.21. The number of nitrogens with one attached hydrogen (secondary N) is 2. The number of hydrogen-bond acceptors (Lipinski definition) is 3. The number of amides is 3. The minimum atomic E-state index is -0.799. The van der Waals surface area contributed by atoms with Crippen molar-refractivity contribution in [1.82, 2.24) is 15.5 Å². The van der Waals surface area contributed by atoms with E-state index in [4.69, 9.17) is 5.11 Å². The maximum atomic E-state index is 12.1. The van der Waals surface area contributed by atoms with E-state index >= 15 is 0 Å². The minimum Gasteiger partial charge on any atom is -0.481 e. The molecule has 0 radical (unpaired) electrons. The molecule has 0 saturated carbocycles. The highest BCUT2D eigenvalue weighted by Gasteiger charge is 2.30. The molecule has 2 rings (SSSR count). The van der Waals surface area contributed by atoms with Gasteiger partial charge in [0.25, 0.3) is 0 Å².